The minimum atomic E-state index is -4.15. The number of amides is 2. The van der Waals surface area contributed by atoms with E-state index in [2.05, 4.69) is 36.1 Å². The van der Waals surface area contributed by atoms with E-state index in [9.17, 15) is 22.4 Å². The summed E-state index contributed by atoms with van der Waals surface area (Å²) in [4.78, 5) is 27.4. The molecule has 0 aromatic heterocycles. The molecule has 4 aliphatic rings. The van der Waals surface area contributed by atoms with Crippen LogP contribution in [0.25, 0.3) is 0 Å². The summed E-state index contributed by atoms with van der Waals surface area (Å²) in [5, 5.41) is 5.74. The van der Waals surface area contributed by atoms with Crippen LogP contribution in [0.1, 0.15) is 64.2 Å². The molecule has 3 aromatic carbocycles. The van der Waals surface area contributed by atoms with E-state index in [-0.39, 0.29) is 27.9 Å². The minimum absolute atomic E-state index is 0.0947. The van der Waals surface area contributed by atoms with Crippen molar-refractivity contribution in [1.82, 2.24) is 15.4 Å². The van der Waals surface area contributed by atoms with Crippen LogP contribution >= 0.6 is 0 Å². The summed E-state index contributed by atoms with van der Waals surface area (Å²) >= 11 is 0. The van der Waals surface area contributed by atoms with E-state index in [0.29, 0.717) is 29.8 Å². The third kappa shape index (κ3) is 7.46. The lowest BCUT2D eigenvalue weighted by molar-refractivity contribution is -0.199. The van der Waals surface area contributed by atoms with Crippen LogP contribution in [-0.4, -0.2) is 57.6 Å². The molecule has 266 valence electrons. The van der Waals surface area contributed by atoms with Gasteiger partial charge in [-0.05, 0) is 110 Å². The SMILES string of the molecule is CC(C)C[C@H](NC(=O)[C@H](CNS(=O)(=O)c1ccc(F)cc1)NC(=O)c1ccc(Oc2ccccc2)cc1)B1O[C@@H]2C[C@@H]3C[C@@H](C3(C)C)[C@]2(C)O1. The van der Waals surface area contributed by atoms with Gasteiger partial charge in [0, 0.05) is 12.1 Å². The summed E-state index contributed by atoms with van der Waals surface area (Å²) in [6, 6.07) is 18.6. The molecule has 1 aliphatic heterocycles. The van der Waals surface area contributed by atoms with E-state index in [4.69, 9.17) is 14.0 Å². The number of sulfonamides is 1. The van der Waals surface area contributed by atoms with Gasteiger partial charge in [-0.2, -0.15) is 0 Å². The molecule has 3 saturated carbocycles. The van der Waals surface area contributed by atoms with Gasteiger partial charge in [-0.3, -0.25) is 9.59 Å². The molecule has 3 aliphatic carbocycles. The highest BCUT2D eigenvalue weighted by Gasteiger charge is 2.68. The van der Waals surface area contributed by atoms with Gasteiger partial charge in [0.05, 0.1) is 22.5 Å². The molecule has 0 spiro atoms. The Morgan fingerprint density at radius 2 is 1.60 bits per heavy atom. The number of nitrogens with one attached hydrogen (secondary N) is 3. The van der Waals surface area contributed by atoms with Crippen LogP contribution < -0.4 is 20.1 Å². The van der Waals surface area contributed by atoms with Crippen LogP contribution in [0.5, 0.6) is 11.5 Å². The first-order chi connectivity index (χ1) is 23.7. The molecule has 0 radical (unpaired) electrons. The van der Waals surface area contributed by atoms with Gasteiger partial charge in [-0.25, -0.2) is 17.5 Å². The summed E-state index contributed by atoms with van der Waals surface area (Å²) in [7, 11) is -4.87. The molecule has 6 atom stereocenters. The molecule has 3 N–H and O–H groups in total. The molecule has 1 heterocycles. The fourth-order valence-corrected chi connectivity index (χ4v) is 8.79. The predicted octanol–water partition coefficient (Wildman–Crippen LogP) is 5.49. The maximum atomic E-state index is 14.0. The van der Waals surface area contributed by atoms with E-state index < -0.39 is 58.9 Å². The summed E-state index contributed by atoms with van der Waals surface area (Å²) < 4.78 is 61.2. The molecule has 13 heteroatoms. The minimum Gasteiger partial charge on any atom is -0.457 e. The average Bonchev–Trinajstić information content (AvgIpc) is 3.44. The smallest absolute Gasteiger partial charge is 0.457 e. The lowest BCUT2D eigenvalue weighted by atomic mass is 9.43. The fourth-order valence-electron chi connectivity index (χ4n) is 7.74. The number of hydrogen-bond acceptors (Lipinski definition) is 7. The topological polar surface area (TPSA) is 132 Å². The van der Waals surface area contributed by atoms with Gasteiger partial charge < -0.3 is 24.7 Å². The van der Waals surface area contributed by atoms with Gasteiger partial charge in [0.15, 0.2) is 0 Å². The van der Waals surface area contributed by atoms with Crippen LogP contribution in [0.15, 0.2) is 83.8 Å². The van der Waals surface area contributed by atoms with Gasteiger partial charge in [-0.15, -0.1) is 0 Å². The molecule has 2 amide bonds. The van der Waals surface area contributed by atoms with Crippen LogP contribution in [0, 0.1) is 29.0 Å². The second-order valence-electron chi connectivity index (χ2n) is 14.9. The highest BCUT2D eigenvalue weighted by atomic mass is 32.2. The number of hydrogen-bond donors (Lipinski definition) is 3. The fraction of sp³-hybridized carbons (Fsp3) is 0.459. The monoisotopic (exact) mass is 705 g/mol. The normalized spacial score (nSPS) is 24.9. The highest BCUT2D eigenvalue weighted by molar-refractivity contribution is 7.89. The van der Waals surface area contributed by atoms with Crippen LogP contribution in [0.3, 0.4) is 0 Å². The number of carbonyl (C=O) groups is 2. The molecule has 1 saturated heterocycles. The first kappa shape index (κ1) is 36.0. The number of benzene rings is 3. The third-order valence-electron chi connectivity index (χ3n) is 10.7. The molecule has 2 bridgehead atoms. The zero-order valence-electron chi connectivity index (χ0n) is 29.0. The van der Waals surface area contributed by atoms with E-state index in [1.807, 2.05) is 44.2 Å². The van der Waals surface area contributed by atoms with Crippen molar-refractivity contribution in [2.75, 3.05) is 6.54 Å². The van der Waals surface area contributed by atoms with Gasteiger partial charge >= 0.3 is 7.12 Å². The second-order valence-corrected chi connectivity index (χ2v) is 16.6. The number of carbonyl (C=O) groups excluding carboxylic acids is 2. The Hall–Kier alpha value is -3.78. The standard InChI is InChI=1S/C37H45BFN3O7S/c1-23(2)19-33(38-48-32-21-25-20-31(36(25,3)4)37(32,5)49-38)42-35(44)30(22-40-50(45,46)29-17-13-26(39)14-18-29)41-34(43)24-11-15-28(16-12-24)47-27-9-7-6-8-10-27/h6-18,23,25,30-33,40H,19-22H2,1-5H3,(H,41,43)(H,42,44)/t25-,30-,31-,32+,33-,37-/m0/s1. The Labute approximate surface area is 294 Å². The number of para-hydroxylation sites is 1. The van der Waals surface area contributed by atoms with E-state index in [1.165, 1.54) is 0 Å². The quantitative estimate of drug-likeness (QED) is 0.201. The number of ether oxygens (including phenoxy) is 1. The molecule has 50 heavy (non-hydrogen) atoms. The van der Waals surface area contributed by atoms with Crippen LogP contribution in [0.4, 0.5) is 4.39 Å². The highest BCUT2D eigenvalue weighted by Crippen LogP contribution is 2.65. The lowest BCUT2D eigenvalue weighted by Gasteiger charge is -2.64. The second kappa shape index (κ2) is 14.1. The van der Waals surface area contributed by atoms with Crippen molar-refractivity contribution in [2.45, 2.75) is 82.5 Å². The summed E-state index contributed by atoms with van der Waals surface area (Å²) in [6.07, 6.45) is 2.40. The Morgan fingerprint density at radius 3 is 2.24 bits per heavy atom. The van der Waals surface area contributed by atoms with Crippen molar-refractivity contribution < 1.29 is 36.4 Å². The Balaban J connectivity index is 1.19. The van der Waals surface area contributed by atoms with Crippen molar-refractivity contribution in [3.63, 3.8) is 0 Å². The molecular formula is C37H45BFN3O7S. The van der Waals surface area contributed by atoms with Crippen molar-refractivity contribution in [3.8, 4) is 11.5 Å². The van der Waals surface area contributed by atoms with Crippen molar-refractivity contribution in [3.05, 3.63) is 90.2 Å². The maximum absolute atomic E-state index is 14.0. The Kier molecular flexibility index (Phi) is 10.2. The zero-order valence-corrected chi connectivity index (χ0v) is 29.8. The van der Waals surface area contributed by atoms with Crippen molar-refractivity contribution in [2.24, 2.45) is 23.2 Å². The summed E-state index contributed by atoms with van der Waals surface area (Å²) in [5.74, 6) is -0.154. The molecule has 7 rings (SSSR count). The molecule has 3 aromatic rings. The summed E-state index contributed by atoms with van der Waals surface area (Å²) in [6.45, 7) is 10.3. The Bertz CT molecular complexity index is 1790. The van der Waals surface area contributed by atoms with Gasteiger partial charge in [-0.1, -0.05) is 45.9 Å². The molecule has 10 nitrogen and oxygen atoms in total. The van der Waals surface area contributed by atoms with Crippen molar-refractivity contribution >= 4 is 29.0 Å². The van der Waals surface area contributed by atoms with Crippen molar-refractivity contribution in [1.29, 1.82) is 0 Å². The van der Waals surface area contributed by atoms with Gasteiger partial charge in [0.25, 0.3) is 5.91 Å². The summed E-state index contributed by atoms with van der Waals surface area (Å²) in [5.41, 5.74) is -0.106. The largest absolute Gasteiger partial charge is 0.481 e. The van der Waals surface area contributed by atoms with Crippen LogP contribution in [-0.2, 0) is 24.1 Å². The van der Waals surface area contributed by atoms with E-state index >= 15 is 0 Å². The third-order valence-corrected chi connectivity index (χ3v) is 12.1. The zero-order chi connectivity index (χ0) is 35.8. The molecule has 4 fully saturated rings. The molecular weight excluding hydrogens is 660 g/mol. The van der Waals surface area contributed by atoms with E-state index in [0.717, 1.165) is 37.1 Å². The van der Waals surface area contributed by atoms with Gasteiger partial charge in [0.1, 0.15) is 23.4 Å². The first-order valence-corrected chi connectivity index (χ1v) is 18.7. The number of rotatable bonds is 13. The molecule has 0 unspecified atom stereocenters. The number of halogens is 1. The maximum Gasteiger partial charge on any atom is 0.481 e. The van der Waals surface area contributed by atoms with E-state index in [1.54, 1.807) is 24.3 Å². The Morgan fingerprint density at radius 1 is 0.940 bits per heavy atom. The van der Waals surface area contributed by atoms with Crippen LogP contribution in [0.2, 0.25) is 0 Å². The predicted molar refractivity (Wildman–Crippen MR) is 187 cm³/mol. The lowest BCUT2D eigenvalue weighted by Crippen LogP contribution is -2.65. The average molecular weight is 706 g/mol. The van der Waals surface area contributed by atoms with Gasteiger partial charge in [0.2, 0.25) is 15.9 Å². The first-order valence-electron chi connectivity index (χ1n) is 17.2.